The van der Waals surface area contributed by atoms with E-state index in [2.05, 4.69) is 0 Å². The molecule has 0 bridgehead atoms. The van der Waals surface area contributed by atoms with Crippen LogP contribution in [-0.4, -0.2) is 24.8 Å². The minimum atomic E-state index is -0.293. The van der Waals surface area contributed by atoms with E-state index in [1.807, 2.05) is 19.1 Å². The SMILES string of the molecule is Cc1ccc(C=CC(=O)OC2(C3CCOC3)CC2)o1. The number of rotatable bonds is 4. The second-order valence-electron chi connectivity index (χ2n) is 5.33. The molecule has 1 aliphatic carbocycles. The molecule has 0 spiro atoms. The Balaban J connectivity index is 1.58. The number of hydrogen-bond acceptors (Lipinski definition) is 4. The summed E-state index contributed by atoms with van der Waals surface area (Å²) in [6.45, 7) is 3.37. The van der Waals surface area contributed by atoms with Crippen molar-refractivity contribution in [1.82, 2.24) is 0 Å². The summed E-state index contributed by atoms with van der Waals surface area (Å²) in [5.74, 6) is 1.58. The molecule has 2 fully saturated rings. The van der Waals surface area contributed by atoms with Crippen LogP contribution in [0, 0.1) is 12.8 Å². The van der Waals surface area contributed by atoms with Gasteiger partial charge in [-0.15, -0.1) is 0 Å². The Morgan fingerprint density at radius 2 is 2.32 bits per heavy atom. The molecule has 1 saturated carbocycles. The average Bonchev–Trinajstić information content (AvgIpc) is 2.84. The molecule has 0 radical (unpaired) electrons. The zero-order valence-corrected chi connectivity index (χ0v) is 11.1. The first-order valence-corrected chi connectivity index (χ1v) is 6.73. The van der Waals surface area contributed by atoms with E-state index in [-0.39, 0.29) is 11.6 Å². The lowest BCUT2D eigenvalue weighted by Gasteiger charge is -2.21. The molecule has 0 amide bonds. The maximum Gasteiger partial charge on any atom is 0.331 e. The van der Waals surface area contributed by atoms with Crippen LogP contribution in [0.3, 0.4) is 0 Å². The molecule has 1 aromatic heterocycles. The Morgan fingerprint density at radius 1 is 1.47 bits per heavy atom. The van der Waals surface area contributed by atoms with Gasteiger partial charge in [-0.1, -0.05) is 0 Å². The zero-order chi connectivity index (χ0) is 13.3. The normalized spacial score (nSPS) is 24.8. The molecule has 2 heterocycles. The summed E-state index contributed by atoms with van der Waals surface area (Å²) in [4.78, 5) is 11.8. The van der Waals surface area contributed by atoms with Gasteiger partial charge in [0.1, 0.15) is 17.1 Å². The van der Waals surface area contributed by atoms with Crippen LogP contribution in [0.1, 0.15) is 30.8 Å². The topological polar surface area (TPSA) is 48.7 Å². The largest absolute Gasteiger partial charge is 0.462 e. The second-order valence-corrected chi connectivity index (χ2v) is 5.33. The first-order valence-electron chi connectivity index (χ1n) is 6.73. The van der Waals surface area contributed by atoms with Crippen molar-refractivity contribution in [3.8, 4) is 0 Å². The highest BCUT2D eigenvalue weighted by atomic mass is 16.6. The quantitative estimate of drug-likeness (QED) is 0.618. The Bertz CT molecular complexity index is 490. The first kappa shape index (κ1) is 12.5. The van der Waals surface area contributed by atoms with E-state index in [1.165, 1.54) is 6.08 Å². The van der Waals surface area contributed by atoms with Gasteiger partial charge < -0.3 is 13.9 Å². The van der Waals surface area contributed by atoms with Crippen LogP contribution in [0.5, 0.6) is 0 Å². The van der Waals surface area contributed by atoms with E-state index in [1.54, 1.807) is 6.08 Å². The van der Waals surface area contributed by atoms with Crippen molar-refractivity contribution in [1.29, 1.82) is 0 Å². The van der Waals surface area contributed by atoms with Gasteiger partial charge in [0.15, 0.2) is 0 Å². The minimum Gasteiger partial charge on any atom is -0.462 e. The highest BCUT2D eigenvalue weighted by molar-refractivity contribution is 5.87. The summed E-state index contributed by atoms with van der Waals surface area (Å²) in [5.41, 5.74) is -0.253. The van der Waals surface area contributed by atoms with Crippen molar-refractivity contribution < 1.29 is 18.7 Å². The molecular formula is C15H18O4. The summed E-state index contributed by atoms with van der Waals surface area (Å²) in [7, 11) is 0. The van der Waals surface area contributed by atoms with Crippen molar-refractivity contribution in [2.24, 2.45) is 5.92 Å². The van der Waals surface area contributed by atoms with Crippen LogP contribution in [-0.2, 0) is 14.3 Å². The number of esters is 1. The van der Waals surface area contributed by atoms with Crippen molar-refractivity contribution >= 4 is 12.0 Å². The molecule has 0 N–H and O–H groups in total. The van der Waals surface area contributed by atoms with Gasteiger partial charge in [-0.05, 0) is 44.4 Å². The Labute approximate surface area is 112 Å². The lowest BCUT2D eigenvalue weighted by Crippen LogP contribution is -2.28. The lowest BCUT2D eigenvalue weighted by atomic mass is 9.99. The summed E-state index contributed by atoms with van der Waals surface area (Å²) in [6, 6.07) is 3.69. The Hall–Kier alpha value is -1.55. The highest BCUT2D eigenvalue weighted by Crippen LogP contribution is 2.49. The van der Waals surface area contributed by atoms with E-state index in [9.17, 15) is 4.79 Å². The molecule has 1 saturated heterocycles. The fraction of sp³-hybridized carbons (Fsp3) is 0.533. The van der Waals surface area contributed by atoms with Crippen LogP contribution < -0.4 is 0 Å². The Kier molecular flexibility index (Phi) is 3.19. The lowest BCUT2D eigenvalue weighted by molar-refractivity contribution is -0.148. The molecule has 1 atom stereocenters. The average molecular weight is 262 g/mol. The van der Waals surface area contributed by atoms with Gasteiger partial charge in [-0.2, -0.15) is 0 Å². The van der Waals surface area contributed by atoms with E-state index < -0.39 is 0 Å². The van der Waals surface area contributed by atoms with Gasteiger partial charge in [-0.25, -0.2) is 4.79 Å². The van der Waals surface area contributed by atoms with Crippen LogP contribution in [0.4, 0.5) is 0 Å². The number of furan rings is 1. The maximum absolute atomic E-state index is 11.8. The van der Waals surface area contributed by atoms with Crippen LogP contribution in [0.25, 0.3) is 6.08 Å². The van der Waals surface area contributed by atoms with Crippen molar-refractivity contribution in [2.75, 3.05) is 13.2 Å². The highest BCUT2D eigenvalue weighted by Gasteiger charge is 2.53. The van der Waals surface area contributed by atoms with Crippen molar-refractivity contribution in [2.45, 2.75) is 31.8 Å². The third kappa shape index (κ3) is 2.73. The Morgan fingerprint density at radius 3 is 2.89 bits per heavy atom. The fourth-order valence-electron chi connectivity index (χ4n) is 2.59. The third-order valence-electron chi connectivity index (χ3n) is 3.87. The number of carbonyl (C=O) groups is 1. The molecule has 0 aromatic carbocycles. The van der Waals surface area contributed by atoms with Gasteiger partial charge in [0.2, 0.25) is 0 Å². The molecule has 4 heteroatoms. The summed E-state index contributed by atoms with van der Waals surface area (Å²) in [6.07, 6.45) is 6.00. The number of aryl methyl sites for hydroxylation is 1. The van der Waals surface area contributed by atoms with Gasteiger partial charge in [0.05, 0.1) is 6.61 Å². The molecular weight excluding hydrogens is 244 g/mol. The standard InChI is InChI=1S/C15H18O4/c1-11-2-3-13(18-11)4-5-14(16)19-15(7-8-15)12-6-9-17-10-12/h2-5,12H,6-10H2,1H3. The van der Waals surface area contributed by atoms with Gasteiger partial charge in [0.25, 0.3) is 0 Å². The minimum absolute atomic E-state index is 0.253. The number of hydrogen-bond donors (Lipinski definition) is 0. The van der Waals surface area contributed by atoms with Gasteiger partial charge >= 0.3 is 5.97 Å². The van der Waals surface area contributed by atoms with E-state index in [0.29, 0.717) is 18.3 Å². The third-order valence-corrected chi connectivity index (χ3v) is 3.87. The van der Waals surface area contributed by atoms with E-state index in [0.717, 1.165) is 31.6 Å². The van der Waals surface area contributed by atoms with Crippen LogP contribution in [0.15, 0.2) is 22.6 Å². The number of ether oxygens (including phenoxy) is 2. The van der Waals surface area contributed by atoms with Gasteiger partial charge in [0, 0.05) is 18.6 Å². The summed E-state index contributed by atoms with van der Waals surface area (Å²) < 4.78 is 16.4. The molecule has 2 aliphatic rings. The van der Waals surface area contributed by atoms with E-state index in [4.69, 9.17) is 13.9 Å². The van der Waals surface area contributed by atoms with Crippen molar-refractivity contribution in [3.63, 3.8) is 0 Å². The van der Waals surface area contributed by atoms with Crippen molar-refractivity contribution in [3.05, 3.63) is 29.7 Å². The second kappa shape index (κ2) is 4.85. The van der Waals surface area contributed by atoms with Gasteiger partial charge in [-0.3, -0.25) is 0 Å². The maximum atomic E-state index is 11.8. The molecule has 3 rings (SSSR count). The summed E-state index contributed by atoms with van der Waals surface area (Å²) >= 11 is 0. The molecule has 19 heavy (non-hydrogen) atoms. The predicted octanol–water partition coefficient (Wildman–Crippen LogP) is 2.71. The molecule has 102 valence electrons. The zero-order valence-electron chi connectivity index (χ0n) is 11.1. The molecule has 1 aliphatic heterocycles. The number of carbonyl (C=O) groups excluding carboxylic acids is 1. The van der Waals surface area contributed by atoms with Crippen LogP contribution in [0.2, 0.25) is 0 Å². The monoisotopic (exact) mass is 262 g/mol. The molecule has 1 aromatic rings. The predicted molar refractivity (Wildman–Crippen MR) is 69.5 cm³/mol. The van der Waals surface area contributed by atoms with E-state index >= 15 is 0 Å². The fourth-order valence-corrected chi connectivity index (χ4v) is 2.59. The van der Waals surface area contributed by atoms with Crippen LogP contribution >= 0.6 is 0 Å². The smallest absolute Gasteiger partial charge is 0.331 e. The molecule has 4 nitrogen and oxygen atoms in total. The summed E-state index contributed by atoms with van der Waals surface area (Å²) in [5, 5.41) is 0. The molecule has 1 unspecified atom stereocenters. The first-order chi connectivity index (χ1) is 9.18.